The SMILES string of the molecule is CCc1nc2ccc(Br)cc2c(=O)n1N=Cc1ccc(OCC(=O)N2CCOCC2)c([N+](=O)[O-])c1. The lowest BCUT2D eigenvalue weighted by Crippen LogP contribution is -2.43. The Bertz CT molecular complexity index is 1370. The van der Waals surface area contributed by atoms with Gasteiger partial charge in [-0.1, -0.05) is 22.9 Å². The van der Waals surface area contributed by atoms with E-state index >= 15 is 0 Å². The van der Waals surface area contributed by atoms with Gasteiger partial charge in [-0.3, -0.25) is 19.7 Å². The predicted octanol–water partition coefficient (Wildman–Crippen LogP) is 2.75. The van der Waals surface area contributed by atoms with E-state index in [4.69, 9.17) is 9.47 Å². The second-order valence-corrected chi connectivity index (χ2v) is 8.59. The minimum absolute atomic E-state index is 0.0302. The van der Waals surface area contributed by atoms with Crippen LogP contribution in [0.25, 0.3) is 10.9 Å². The van der Waals surface area contributed by atoms with Crippen molar-refractivity contribution in [3.05, 3.63) is 72.7 Å². The van der Waals surface area contributed by atoms with E-state index < -0.39 is 4.92 Å². The Labute approximate surface area is 208 Å². The third-order valence-corrected chi connectivity index (χ3v) is 5.90. The molecule has 0 atom stereocenters. The van der Waals surface area contributed by atoms with Gasteiger partial charge in [-0.15, -0.1) is 0 Å². The summed E-state index contributed by atoms with van der Waals surface area (Å²) in [6, 6.07) is 9.47. The van der Waals surface area contributed by atoms with Crippen LogP contribution in [0.1, 0.15) is 18.3 Å². The van der Waals surface area contributed by atoms with Crippen LogP contribution in [-0.2, 0) is 16.0 Å². The van der Waals surface area contributed by atoms with Crippen molar-refractivity contribution in [1.29, 1.82) is 0 Å². The second kappa shape index (κ2) is 10.7. The van der Waals surface area contributed by atoms with Crippen LogP contribution >= 0.6 is 15.9 Å². The predicted molar refractivity (Wildman–Crippen MR) is 132 cm³/mol. The molecule has 3 aromatic rings. The van der Waals surface area contributed by atoms with E-state index in [2.05, 4.69) is 26.0 Å². The second-order valence-electron chi connectivity index (χ2n) is 7.67. The number of halogens is 1. The molecule has 1 aliphatic rings. The van der Waals surface area contributed by atoms with Gasteiger partial charge in [0, 0.05) is 35.6 Å². The highest BCUT2D eigenvalue weighted by Gasteiger charge is 2.21. The molecule has 0 aliphatic carbocycles. The lowest BCUT2D eigenvalue weighted by Gasteiger charge is -2.26. The molecule has 35 heavy (non-hydrogen) atoms. The molecule has 4 rings (SSSR count). The number of rotatable bonds is 7. The number of ether oxygens (including phenoxy) is 2. The molecule has 1 saturated heterocycles. The summed E-state index contributed by atoms with van der Waals surface area (Å²) < 4.78 is 12.6. The highest BCUT2D eigenvalue weighted by molar-refractivity contribution is 9.10. The first-order valence-electron chi connectivity index (χ1n) is 10.9. The summed E-state index contributed by atoms with van der Waals surface area (Å²) >= 11 is 3.36. The molecule has 11 nitrogen and oxygen atoms in total. The van der Waals surface area contributed by atoms with Gasteiger partial charge in [0.25, 0.3) is 11.5 Å². The van der Waals surface area contributed by atoms with E-state index in [-0.39, 0.29) is 29.5 Å². The van der Waals surface area contributed by atoms with Gasteiger partial charge >= 0.3 is 5.69 Å². The summed E-state index contributed by atoms with van der Waals surface area (Å²) in [6.07, 6.45) is 1.81. The molecule has 1 amide bonds. The number of carbonyl (C=O) groups is 1. The van der Waals surface area contributed by atoms with Crippen LogP contribution in [0.2, 0.25) is 0 Å². The van der Waals surface area contributed by atoms with Crippen LogP contribution in [0.3, 0.4) is 0 Å². The summed E-state index contributed by atoms with van der Waals surface area (Å²) in [6.45, 7) is 3.35. The topological polar surface area (TPSA) is 129 Å². The van der Waals surface area contributed by atoms with Crippen molar-refractivity contribution in [1.82, 2.24) is 14.6 Å². The number of morpholine rings is 1. The molecule has 0 unspecified atom stereocenters. The van der Waals surface area contributed by atoms with Crippen LogP contribution < -0.4 is 10.3 Å². The number of nitro benzene ring substituents is 1. The van der Waals surface area contributed by atoms with Gasteiger partial charge < -0.3 is 14.4 Å². The van der Waals surface area contributed by atoms with Gasteiger partial charge in [-0.2, -0.15) is 9.78 Å². The smallest absolute Gasteiger partial charge is 0.311 e. The number of amides is 1. The van der Waals surface area contributed by atoms with E-state index in [1.165, 1.54) is 23.0 Å². The first-order chi connectivity index (χ1) is 16.9. The molecule has 2 aromatic carbocycles. The van der Waals surface area contributed by atoms with Crippen LogP contribution in [-0.4, -0.2) is 64.5 Å². The van der Waals surface area contributed by atoms with Crippen molar-refractivity contribution in [3.63, 3.8) is 0 Å². The Morgan fingerprint density at radius 3 is 2.77 bits per heavy atom. The molecule has 1 aromatic heterocycles. The number of aryl methyl sites for hydroxylation is 1. The van der Waals surface area contributed by atoms with Crippen LogP contribution in [0, 0.1) is 10.1 Å². The van der Waals surface area contributed by atoms with Crippen molar-refractivity contribution in [2.75, 3.05) is 32.9 Å². The maximum Gasteiger partial charge on any atom is 0.311 e. The van der Waals surface area contributed by atoms with Crippen molar-refractivity contribution >= 4 is 44.6 Å². The minimum atomic E-state index is -0.593. The fourth-order valence-corrected chi connectivity index (χ4v) is 3.95. The number of hydrogen-bond donors (Lipinski definition) is 0. The maximum atomic E-state index is 13.0. The molecule has 0 saturated carbocycles. The molecule has 2 heterocycles. The first kappa shape index (κ1) is 24.5. The number of carbonyl (C=O) groups excluding carboxylic acids is 1. The zero-order valence-electron chi connectivity index (χ0n) is 18.8. The number of benzene rings is 2. The summed E-state index contributed by atoms with van der Waals surface area (Å²) in [4.78, 5) is 42.4. The molecule has 0 radical (unpaired) electrons. The fourth-order valence-electron chi connectivity index (χ4n) is 3.59. The molecular weight excluding hydrogens is 522 g/mol. The highest BCUT2D eigenvalue weighted by atomic mass is 79.9. The number of hydrogen-bond acceptors (Lipinski definition) is 8. The average Bonchev–Trinajstić information content (AvgIpc) is 2.87. The molecule has 1 fully saturated rings. The number of nitro groups is 1. The van der Waals surface area contributed by atoms with Crippen molar-refractivity contribution in [3.8, 4) is 5.75 Å². The fraction of sp³-hybridized carbons (Fsp3) is 0.304. The lowest BCUT2D eigenvalue weighted by atomic mass is 10.2. The number of fused-ring (bicyclic) bond motifs is 1. The largest absolute Gasteiger partial charge is 0.477 e. The van der Waals surface area contributed by atoms with E-state index in [1.807, 2.05) is 6.92 Å². The monoisotopic (exact) mass is 543 g/mol. The van der Waals surface area contributed by atoms with Crippen LogP contribution in [0.15, 0.2) is 50.8 Å². The Hall–Kier alpha value is -3.64. The van der Waals surface area contributed by atoms with E-state index in [0.717, 1.165) is 4.47 Å². The van der Waals surface area contributed by atoms with Gasteiger partial charge in [0.05, 0.1) is 35.3 Å². The molecule has 1 aliphatic heterocycles. The van der Waals surface area contributed by atoms with E-state index in [0.29, 0.717) is 55.0 Å². The quantitative estimate of drug-likeness (QED) is 0.254. The van der Waals surface area contributed by atoms with Gasteiger partial charge in [0.2, 0.25) is 0 Å². The third kappa shape index (κ3) is 5.54. The van der Waals surface area contributed by atoms with E-state index in [1.54, 1.807) is 29.2 Å². The van der Waals surface area contributed by atoms with Crippen LogP contribution in [0.4, 0.5) is 5.69 Å². The van der Waals surface area contributed by atoms with Crippen molar-refractivity contribution < 1.29 is 19.2 Å². The van der Waals surface area contributed by atoms with Gasteiger partial charge in [-0.25, -0.2) is 4.98 Å². The number of aromatic nitrogens is 2. The summed E-state index contributed by atoms with van der Waals surface area (Å²) in [5.41, 5.74) is 0.282. The molecular formula is C23H22BrN5O6. The Balaban J connectivity index is 1.58. The van der Waals surface area contributed by atoms with Gasteiger partial charge in [0.1, 0.15) is 5.82 Å². The Morgan fingerprint density at radius 1 is 1.29 bits per heavy atom. The first-order valence-corrected chi connectivity index (χ1v) is 11.7. The maximum absolute atomic E-state index is 13.0. The molecule has 0 N–H and O–H groups in total. The number of nitrogens with zero attached hydrogens (tertiary/aromatic N) is 5. The normalized spacial score (nSPS) is 13.9. The molecule has 182 valence electrons. The standard InChI is InChI=1S/C23H22BrN5O6/c1-2-21-26-18-5-4-16(24)12-17(18)23(31)28(21)25-13-15-3-6-20(19(11-15)29(32)33)35-14-22(30)27-7-9-34-10-8-27/h3-6,11-13H,2,7-10,14H2,1H3. The van der Waals surface area contributed by atoms with Gasteiger partial charge in [-0.05, 0) is 30.3 Å². The third-order valence-electron chi connectivity index (χ3n) is 5.41. The Morgan fingerprint density at radius 2 is 2.06 bits per heavy atom. The highest BCUT2D eigenvalue weighted by Crippen LogP contribution is 2.27. The molecule has 12 heteroatoms. The van der Waals surface area contributed by atoms with Crippen molar-refractivity contribution in [2.24, 2.45) is 5.10 Å². The zero-order valence-corrected chi connectivity index (χ0v) is 20.4. The van der Waals surface area contributed by atoms with E-state index in [9.17, 15) is 19.7 Å². The average molecular weight is 544 g/mol. The molecule has 0 spiro atoms. The molecule has 0 bridgehead atoms. The summed E-state index contributed by atoms with van der Waals surface area (Å²) in [5.74, 6) is 0.157. The van der Waals surface area contributed by atoms with Crippen LogP contribution in [0.5, 0.6) is 5.75 Å². The van der Waals surface area contributed by atoms with Crippen molar-refractivity contribution in [2.45, 2.75) is 13.3 Å². The Kier molecular flexibility index (Phi) is 7.51. The summed E-state index contributed by atoms with van der Waals surface area (Å²) in [5, 5.41) is 16.3. The zero-order chi connectivity index (χ0) is 24.9. The summed E-state index contributed by atoms with van der Waals surface area (Å²) in [7, 11) is 0. The lowest BCUT2D eigenvalue weighted by molar-refractivity contribution is -0.385. The minimum Gasteiger partial charge on any atom is -0.477 e. The van der Waals surface area contributed by atoms with Gasteiger partial charge in [0.15, 0.2) is 12.4 Å².